The predicted molar refractivity (Wildman–Crippen MR) is 80.4 cm³/mol. The lowest BCUT2D eigenvalue weighted by molar-refractivity contribution is -0.158. The molecular weight excluding hydrogens is 302 g/mol. The zero-order chi connectivity index (χ0) is 17.1. The van der Waals surface area contributed by atoms with Gasteiger partial charge in [-0.2, -0.15) is 0 Å². The van der Waals surface area contributed by atoms with Crippen LogP contribution >= 0.6 is 0 Å². The first kappa shape index (κ1) is 17.2. The second-order valence-electron chi connectivity index (χ2n) is 6.12. The van der Waals surface area contributed by atoms with Crippen LogP contribution in [0.4, 0.5) is 0 Å². The molecule has 2 fully saturated rings. The summed E-state index contributed by atoms with van der Waals surface area (Å²) in [6, 6.07) is -0.0548. The Morgan fingerprint density at radius 1 is 1.13 bits per heavy atom. The smallest absolute Gasteiger partial charge is 0.312 e. The molecule has 3 amide bonds. The van der Waals surface area contributed by atoms with Gasteiger partial charge in [0.15, 0.2) is 0 Å². The maximum absolute atomic E-state index is 12.5. The molecule has 2 rings (SSSR count). The number of carboxylic acid groups (broad SMARTS) is 1. The maximum Gasteiger partial charge on any atom is 0.312 e. The summed E-state index contributed by atoms with van der Waals surface area (Å²) >= 11 is 0. The highest BCUT2D eigenvalue weighted by atomic mass is 16.4. The third-order valence-electron chi connectivity index (χ3n) is 4.66. The van der Waals surface area contributed by atoms with Crippen molar-refractivity contribution in [2.24, 2.45) is 5.92 Å². The Kier molecular flexibility index (Phi) is 5.23. The number of hydrogen-bond acceptors (Lipinski definition) is 4. The van der Waals surface area contributed by atoms with Crippen molar-refractivity contribution >= 4 is 23.7 Å². The van der Waals surface area contributed by atoms with Crippen LogP contribution in [-0.4, -0.2) is 82.3 Å². The monoisotopic (exact) mass is 325 g/mol. The molecule has 1 N–H and O–H groups in total. The Morgan fingerprint density at radius 2 is 1.74 bits per heavy atom. The van der Waals surface area contributed by atoms with Crippen LogP contribution in [0.15, 0.2) is 0 Å². The Labute approximate surface area is 135 Å². The molecule has 2 heterocycles. The predicted octanol–water partition coefficient (Wildman–Crippen LogP) is -0.611. The number of likely N-dealkylation sites (N-methyl/N-ethyl adjacent to an activating group) is 1. The Hall–Kier alpha value is -2.12. The quantitative estimate of drug-likeness (QED) is 0.695. The molecule has 2 aliphatic rings. The van der Waals surface area contributed by atoms with Crippen molar-refractivity contribution in [3.05, 3.63) is 0 Å². The second kappa shape index (κ2) is 6.97. The molecule has 2 unspecified atom stereocenters. The molecule has 0 radical (unpaired) electrons. The van der Waals surface area contributed by atoms with Gasteiger partial charge in [0, 0.05) is 32.2 Å². The fraction of sp³-hybridized carbons (Fsp3) is 0.733. The Balaban J connectivity index is 1.99. The van der Waals surface area contributed by atoms with E-state index in [4.69, 9.17) is 5.11 Å². The van der Waals surface area contributed by atoms with Gasteiger partial charge in [-0.3, -0.25) is 19.2 Å². The highest BCUT2D eigenvalue weighted by Gasteiger charge is 2.36. The first-order valence-electron chi connectivity index (χ1n) is 7.95. The molecule has 0 saturated carbocycles. The number of carboxylic acids is 1. The van der Waals surface area contributed by atoms with E-state index < -0.39 is 23.7 Å². The van der Waals surface area contributed by atoms with Gasteiger partial charge in [0.05, 0.1) is 5.92 Å². The Morgan fingerprint density at radius 3 is 2.35 bits per heavy atom. The average Bonchev–Trinajstić information content (AvgIpc) is 2.52. The van der Waals surface area contributed by atoms with Crippen molar-refractivity contribution in [3.8, 4) is 0 Å². The summed E-state index contributed by atoms with van der Waals surface area (Å²) in [4.78, 5) is 51.7. The van der Waals surface area contributed by atoms with E-state index in [0.29, 0.717) is 32.5 Å². The van der Waals surface area contributed by atoms with Crippen LogP contribution in [0, 0.1) is 5.92 Å². The number of carbonyl (C=O) groups is 4. The summed E-state index contributed by atoms with van der Waals surface area (Å²) in [7, 11) is 0. The van der Waals surface area contributed by atoms with Crippen LogP contribution in [0.5, 0.6) is 0 Å². The molecule has 0 aromatic rings. The molecule has 23 heavy (non-hydrogen) atoms. The van der Waals surface area contributed by atoms with E-state index in [2.05, 4.69) is 0 Å². The fourth-order valence-corrected chi connectivity index (χ4v) is 3.08. The summed E-state index contributed by atoms with van der Waals surface area (Å²) in [5.74, 6) is -3.01. The van der Waals surface area contributed by atoms with Crippen LogP contribution < -0.4 is 0 Å². The van der Waals surface area contributed by atoms with Gasteiger partial charge in [0.2, 0.25) is 5.91 Å². The van der Waals surface area contributed by atoms with Gasteiger partial charge in [-0.05, 0) is 26.7 Å². The molecule has 2 saturated heterocycles. The number of likely N-dealkylation sites (tertiary alicyclic amines) is 1. The van der Waals surface area contributed by atoms with Crippen molar-refractivity contribution in [1.29, 1.82) is 0 Å². The number of amides is 3. The third kappa shape index (κ3) is 3.62. The first-order chi connectivity index (χ1) is 10.8. The molecular formula is C15H23N3O5. The molecule has 0 spiro atoms. The molecule has 0 aliphatic carbocycles. The van der Waals surface area contributed by atoms with Crippen LogP contribution in [0.3, 0.4) is 0 Å². The van der Waals surface area contributed by atoms with Gasteiger partial charge in [0.25, 0.3) is 0 Å². The van der Waals surface area contributed by atoms with Gasteiger partial charge < -0.3 is 19.8 Å². The second-order valence-corrected chi connectivity index (χ2v) is 6.12. The number of nitrogens with zero attached hydrogens (tertiary/aromatic N) is 3. The van der Waals surface area contributed by atoms with E-state index in [0.717, 1.165) is 0 Å². The number of aliphatic carboxylic acids is 1. The number of hydrogen-bond donors (Lipinski definition) is 1. The normalized spacial score (nSPS) is 25.7. The highest BCUT2D eigenvalue weighted by Crippen LogP contribution is 2.22. The van der Waals surface area contributed by atoms with Gasteiger partial charge in [-0.1, -0.05) is 0 Å². The lowest BCUT2D eigenvalue weighted by Crippen LogP contribution is -2.57. The minimum absolute atomic E-state index is 0.0548. The molecule has 0 bridgehead atoms. The van der Waals surface area contributed by atoms with E-state index in [-0.39, 0.29) is 25.0 Å². The number of piperidine rings is 1. The van der Waals surface area contributed by atoms with Crippen LogP contribution in [0.1, 0.15) is 26.7 Å². The zero-order valence-electron chi connectivity index (χ0n) is 13.5. The van der Waals surface area contributed by atoms with E-state index in [1.807, 2.05) is 6.92 Å². The van der Waals surface area contributed by atoms with E-state index >= 15 is 0 Å². The van der Waals surface area contributed by atoms with Gasteiger partial charge in [-0.15, -0.1) is 0 Å². The van der Waals surface area contributed by atoms with Gasteiger partial charge in [-0.25, -0.2) is 0 Å². The summed E-state index contributed by atoms with van der Waals surface area (Å²) in [5, 5.41) is 9.13. The maximum atomic E-state index is 12.5. The zero-order valence-corrected chi connectivity index (χ0v) is 13.5. The van der Waals surface area contributed by atoms with Crippen molar-refractivity contribution < 1.29 is 24.3 Å². The molecule has 8 heteroatoms. The van der Waals surface area contributed by atoms with Gasteiger partial charge >= 0.3 is 17.8 Å². The molecule has 0 aromatic carbocycles. The SMILES string of the molecule is CCN1CCN(CC(=O)N2CC(C(=O)O)CCC2C)C(=O)C1=O. The van der Waals surface area contributed by atoms with Crippen molar-refractivity contribution in [3.63, 3.8) is 0 Å². The van der Waals surface area contributed by atoms with Crippen molar-refractivity contribution in [2.45, 2.75) is 32.7 Å². The van der Waals surface area contributed by atoms with Gasteiger partial charge in [0.1, 0.15) is 6.54 Å². The summed E-state index contributed by atoms with van der Waals surface area (Å²) < 4.78 is 0. The van der Waals surface area contributed by atoms with Crippen molar-refractivity contribution in [1.82, 2.24) is 14.7 Å². The molecule has 2 aliphatic heterocycles. The van der Waals surface area contributed by atoms with Crippen LogP contribution in [0.2, 0.25) is 0 Å². The average molecular weight is 325 g/mol. The molecule has 0 aromatic heterocycles. The van der Waals surface area contributed by atoms with Crippen LogP contribution in [0.25, 0.3) is 0 Å². The lowest BCUT2D eigenvalue weighted by Gasteiger charge is -2.39. The Bertz CT molecular complexity index is 521. The van der Waals surface area contributed by atoms with Crippen molar-refractivity contribution in [2.75, 3.05) is 32.7 Å². The van der Waals surface area contributed by atoms with E-state index in [1.165, 1.54) is 14.7 Å². The number of piperazine rings is 1. The largest absolute Gasteiger partial charge is 0.481 e. The topological polar surface area (TPSA) is 98.2 Å². The first-order valence-corrected chi connectivity index (χ1v) is 7.95. The molecule has 8 nitrogen and oxygen atoms in total. The standard InChI is InChI=1S/C15H23N3O5/c1-3-16-6-7-17(14(21)13(16)20)9-12(19)18-8-11(15(22)23)5-4-10(18)2/h10-11H,3-9H2,1-2H3,(H,22,23). The fourth-order valence-electron chi connectivity index (χ4n) is 3.08. The number of rotatable bonds is 4. The summed E-state index contributed by atoms with van der Waals surface area (Å²) in [6.45, 7) is 4.88. The van der Waals surface area contributed by atoms with E-state index in [1.54, 1.807) is 6.92 Å². The highest BCUT2D eigenvalue weighted by molar-refractivity contribution is 6.35. The minimum Gasteiger partial charge on any atom is -0.481 e. The van der Waals surface area contributed by atoms with E-state index in [9.17, 15) is 19.2 Å². The lowest BCUT2D eigenvalue weighted by atomic mass is 9.93. The third-order valence-corrected chi connectivity index (χ3v) is 4.66. The summed E-state index contributed by atoms with van der Waals surface area (Å²) in [5.41, 5.74) is 0. The minimum atomic E-state index is -0.905. The van der Waals surface area contributed by atoms with Crippen LogP contribution in [-0.2, 0) is 19.2 Å². The molecule has 2 atom stereocenters. The summed E-state index contributed by atoms with van der Waals surface area (Å²) in [6.07, 6.45) is 1.17. The molecule has 128 valence electrons. The number of carbonyl (C=O) groups excluding carboxylic acids is 3.